The van der Waals surface area contributed by atoms with Crippen LogP contribution in [0.1, 0.15) is 0 Å². The van der Waals surface area contributed by atoms with Crippen molar-refractivity contribution in [2.75, 3.05) is 0 Å². The molecule has 5 nitrogen and oxygen atoms in total. The van der Waals surface area contributed by atoms with Gasteiger partial charge < -0.3 is 8.98 Å². The number of rotatable bonds is 8. The molecule has 0 bridgehead atoms. The summed E-state index contributed by atoms with van der Waals surface area (Å²) < 4.78 is 9.42. The zero-order valence-electron chi connectivity index (χ0n) is 36.8. The number of aromatic nitrogens is 4. The molecule has 13 rings (SSSR count). The molecule has 0 radical (unpaired) electrons. The van der Waals surface area contributed by atoms with Crippen molar-refractivity contribution in [2.45, 2.75) is 0 Å². The molecule has 68 heavy (non-hydrogen) atoms. The average Bonchev–Trinajstić information content (AvgIpc) is 3.98. The molecule has 0 unspecified atom stereocenters. The summed E-state index contributed by atoms with van der Waals surface area (Å²) in [4.78, 5) is 15.9. The van der Waals surface area contributed by atoms with E-state index in [9.17, 15) is 0 Å². The van der Waals surface area contributed by atoms with Crippen LogP contribution in [-0.2, 0) is 0 Å². The van der Waals surface area contributed by atoms with E-state index in [2.05, 4.69) is 211 Å². The van der Waals surface area contributed by atoms with Gasteiger partial charge in [0.1, 0.15) is 5.58 Å². The van der Waals surface area contributed by atoms with Crippen LogP contribution >= 0.6 is 0 Å². The van der Waals surface area contributed by atoms with E-state index in [1.807, 2.05) is 36.4 Å². The first-order valence-corrected chi connectivity index (χ1v) is 22.9. The number of hydrogen-bond acceptors (Lipinski definition) is 4. The largest absolute Gasteiger partial charge is 0.454 e. The molecule has 318 valence electrons. The Morgan fingerprint density at radius 3 is 1.47 bits per heavy atom. The lowest BCUT2D eigenvalue weighted by molar-refractivity contribution is 0.671. The Kier molecular flexibility index (Phi) is 9.43. The summed E-state index contributed by atoms with van der Waals surface area (Å²) in [5, 5.41) is 4.37. The van der Waals surface area contributed by atoms with Crippen LogP contribution in [0.4, 0.5) is 0 Å². The van der Waals surface area contributed by atoms with Crippen molar-refractivity contribution in [3.05, 3.63) is 243 Å². The van der Waals surface area contributed by atoms with E-state index in [-0.39, 0.29) is 0 Å². The van der Waals surface area contributed by atoms with Gasteiger partial charge in [0, 0.05) is 43.9 Å². The van der Waals surface area contributed by atoms with Gasteiger partial charge in [-0.2, -0.15) is 0 Å². The predicted molar refractivity (Wildman–Crippen MR) is 279 cm³/mol. The van der Waals surface area contributed by atoms with Crippen LogP contribution < -0.4 is 0 Å². The standard InChI is InChI=1S/C63H40N4O/c1-6-20-41(21-7-1)47-31-18-32-48(42-22-8-2-9-23-42)57(47)45-36-37-49(54(40-45)63-65-61(43-24-10-3-11-25-43)64-62(66-63)44-26-12-4-13-27-44)51-33-19-35-56-58(51)53-39-38-52-50-30-16-17-34-55(50)67(59(52)60(53)68-56)46-28-14-5-15-29-46/h1-40H. The molecule has 0 amide bonds. The molecule has 3 heterocycles. The Labute approximate surface area is 392 Å². The smallest absolute Gasteiger partial charge is 0.164 e. The van der Waals surface area contributed by atoms with Crippen LogP contribution in [0.2, 0.25) is 0 Å². The number of furan rings is 1. The molecule has 10 aromatic carbocycles. The second-order valence-corrected chi connectivity index (χ2v) is 17.1. The normalized spacial score (nSPS) is 11.5. The highest BCUT2D eigenvalue weighted by molar-refractivity contribution is 6.24. The third-order valence-corrected chi connectivity index (χ3v) is 13.1. The summed E-state index contributed by atoms with van der Waals surface area (Å²) in [6, 6.07) is 85.1. The number of hydrogen-bond donors (Lipinski definition) is 0. The zero-order valence-corrected chi connectivity index (χ0v) is 36.8. The van der Waals surface area contributed by atoms with Crippen molar-refractivity contribution in [2.24, 2.45) is 0 Å². The highest BCUT2D eigenvalue weighted by Gasteiger charge is 2.24. The van der Waals surface area contributed by atoms with Crippen LogP contribution in [0.15, 0.2) is 247 Å². The Bertz CT molecular complexity index is 3880. The maximum Gasteiger partial charge on any atom is 0.164 e. The van der Waals surface area contributed by atoms with E-state index in [0.29, 0.717) is 17.5 Å². The van der Waals surface area contributed by atoms with Crippen molar-refractivity contribution >= 4 is 43.7 Å². The number of nitrogens with zero attached hydrogens (tertiary/aromatic N) is 4. The molecule has 0 aliphatic carbocycles. The molecule has 0 aliphatic heterocycles. The van der Waals surface area contributed by atoms with Crippen molar-refractivity contribution in [3.8, 4) is 84.4 Å². The topological polar surface area (TPSA) is 56.7 Å². The maximum absolute atomic E-state index is 7.08. The summed E-state index contributed by atoms with van der Waals surface area (Å²) in [7, 11) is 0. The Hall–Kier alpha value is -9.19. The molecule has 0 N–H and O–H groups in total. The predicted octanol–water partition coefficient (Wildman–Crippen LogP) is 16.5. The van der Waals surface area contributed by atoms with Gasteiger partial charge in [-0.25, -0.2) is 15.0 Å². The summed E-state index contributed by atoms with van der Waals surface area (Å²) >= 11 is 0. The molecule has 13 aromatic rings. The average molecular weight is 869 g/mol. The summed E-state index contributed by atoms with van der Waals surface area (Å²) in [6.45, 7) is 0. The third kappa shape index (κ3) is 6.59. The number of para-hydroxylation sites is 2. The van der Waals surface area contributed by atoms with Crippen molar-refractivity contribution in [1.82, 2.24) is 19.5 Å². The van der Waals surface area contributed by atoms with Gasteiger partial charge in [0.05, 0.1) is 11.0 Å². The molecule has 0 aliphatic rings. The van der Waals surface area contributed by atoms with Gasteiger partial charge >= 0.3 is 0 Å². The number of benzene rings is 10. The molecule has 0 saturated heterocycles. The van der Waals surface area contributed by atoms with E-state index in [1.165, 1.54) is 5.39 Å². The fraction of sp³-hybridized carbons (Fsp3) is 0. The highest BCUT2D eigenvalue weighted by Crippen LogP contribution is 2.47. The quantitative estimate of drug-likeness (QED) is 0.153. The van der Waals surface area contributed by atoms with Gasteiger partial charge in [0.25, 0.3) is 0 Å². The lowest BCUT2D eigenvalue weighted by atomic mass is 9.85. The monoisotopic (exact) mass is 868 g/mol. The first kappa shape index (κ1) is 39.2. The minimum atomic E-state index is 0.574. The first-order valence-electron chi connectivity index (χ1n) is 22.9. The minimum Gasteiger partial charge on any atom is -0.454 e. The minimum absolute atomic E-state index is 0.574. The van der Waals surface area contributed by atoms with Crippen LogP contribution in [0.3, 0.4) is 0 Å². The molecule has 0 atom stereocenters. The summed E-state index contributed by atoms with van der Waals surface area (Å²) in [6.07, 6.45) is 0. The van der Waals surface area contributed by atoms with Crippen LogP contribution in [0, 0.1) is 0 Å². The molecular formula is C63H40N4O. The van der Waals surface area contributed by atoms with Crippen LogP contribution in [-0.4, -0.2) is 19.5 Å². The van der Waals surface area contributed by atoms with Gasteiger partial charge in [-0.15, -0.1) is 0 Å². The lowest BCUT2D eigenvalue weighted by Gasteiger charge is -2.19. The van der Waals surface area contributed by atoms with E-state index >= 15 is 0 Å². The Morgan fingerprint density at radius 2 is 0.838 bits per heavy atom. The van der Waals surface area contributed by atoms with Gasteiger partial charge in [-0.1, -0.05) is 206 Å². The Balaban J connectivity index is 1.12. The Morgan fingerprint density at radius 1 is 0.324 bits per heavy atom. The third-order valence-electron chi connectivity index (χ3n) is 13.1. The summed E-state index contributed by atoms with van der Waals surface area (Å²) in [5.74, 6) is 1.77. The van der Waals surface area contributed by atoms with Crippen molar-refractivity contribution in [1.29, 1.82) is 0 Å². The lowest BCUT2D eigenvalue weighted by Crippen LogP contribution is -2.01. The first-order chi connectivity index (χ1) is 33.7. The van der Waals surface area contributed by atoms with Gasteiger partial charge in [-0.3, -0.25) is 0 Å². The highest BCUT2D eigenvalue weighted by atomic mass is 16.3. The molecular weight excluding hydrogens is 829 g/mol. The van der Waals surface area contributed by atoms with Gasteiger partial charge in [-0.05, 0) is 80.9 Å². The zero-order chi connectivity index (χ0) is 45.0. The summed E-state index contributed by atoms with van der Waals surface area (Å²) in [5.41, 5.74) is 16.3. The second kappa shape index (κ2) is 16.4. The maximum atomic E-state index is 7.08. The van der Waals surface area contributed by atoms with E-state index in [4.69, 9.17) is 19.4 Å². The molecule has 5 heteroatoms. The van der Waals surface area contributed by atoms with Crippen molar-refractivity contribution in [3.63, 3.8) is 0 Å². The van der Waals surface area contributed by atoms with E-state index in [0.717, 1.165) is 105 Å². The van der Waals surface area contributed by atoms with Crippen LogP contribution in [0.25, 0.3) is 128 Å². The molecule has 0 spiro atoms. The SMILES string of the molecule is c1ccc(-c2nc(-c3ccccc3)nc(-c3cc(-c4c(-c5ccccc5)cccc4-c4ccccc4)ccc3-c3cccc4oc5c(ccc6c7ccccc7n(-c7ccccc7)c65)c34)n2)cc1. The second-order valence-electron chi connectivity index (χ2n) is 17.1. The molecule has 0 saturated carbocycles. The molecule has 3 aromatic heterocycles. The van der Waals surface area contributed by atoms with Crippen LogP contribution in [0.5, 0.6) is 0 Å². The molecule has 0 fully saturated rings. The fourth-order valence-electron chi connectivity index (χ4n) is 10.0. The van der Waals surface area contributed by atoms with E-state index < -0.39 is 0 Å². The van der Waals surface area contributed by atoms with Gasteiger partial charge in [0.2, 0.25) is 0 Å². The fourth-order valence-corrected chi connectivity index (χ4v) is 10.0. The number of fused-ring (bicyclic) bond motifs is 7. The van der Waals surface area contributed by atoms with E-state index in [1.54, 1.807) is 0 Å². The van der Waals surface area contributed by atoms with Gasteiger partial charge in [0.15, 0.2) is 23.1 Å². The van der Waals surface area contributed by atoms with Crippen molar-refractivity contribution < 1.29 is 4.42 Å².